The van der Waals surface area contributed by atoms with Crippen LogP contribution in [0.4, 0.5) is 15.8 Å². The minimum atomic E-state index is -1.00. The molecule has 1 N–H and O–H groups in total. The Hall–Kier alpha value is -3.09. The summed E-state index contributed by atoms with van der Waals surface area (Å²) in [5.74, 6) is 0.960. The molecular weight excluding hydrogens is 543 g/mol. The molecule has 0 fully saturated rings. The lowest BCUT2D eigenvalue weighted by atomic mass is 9.69. The minimum Gasteiger partial charge on any atom is -0.507 e. The Kier molecular flexibility index (Phi) is 8.34. The zero-order valence-corrected chi connectivity index (χ0v) is 27.6. The van der Waals surface area contributed by atoms with Crippen molar-refractivity contribution < 1.29 is 25.2 Å². The van der Waals surface area contributed by atoms with Crippen LogP contribution in [0.3, 0.4) is 0 Å². The lowest BCUT2D eigenvalue weighted by Crippen LogP contribution is -2.45. The van der Waals surface area contributed by atoms with Crippen molar-refractivity contribution in [1.82, 2.24) is 0 Å². The SMILES string of the molecule is CC1(C)CCN2CCC(C)(C)c3c(O)c(C=O)cc1c32.COc1c(C=O)cc2c3c1C(C)(C)CCN3CCC2(C)C.[2H]CF. The van der Waals surface area contributed by atoms with Gasteiger partial charge in [0.15, 0.2) is 12.6 Å². The molecule has 0 saturated carbocycles. The van der Waals surface area contributed by atoms with E-state index in [1.54, 1.807) is 7.11 Å². The van der Waals surface area contributed by atoms with Gasteiger partial charge in [-0.2, -0.15) is 0 Å². The third-order valence-electron chi connectivity index (χ3n) is 10.5. The van der Waals surface area contributed by atoms with Crippen LogP contribution in [0.15, 0.2) is 12.1 Å². The highest BCUT2D eigenvalue weighted by atomic mass is 19.1. The first-order valence-electron chi connectivity index (χ1n) is 16.1. The fourth-order valence-electron chi connectivity index (χ4n) is 7.56. The molecule has 0 saturated heterocycles. The Morgan fingerprint density at radius 3 is 1.53 bits per heavy atom. The van der Waals surface area contributed by atoms with E-state index in [1.807, 2.05) is 6.07 Å². The Balaban J connectivity index is 0.000000185. The molecule has 2 aromatic rings. The number of carbonyl (C=O) groups is 2. The molecule has 43 heavy (non-hydrogen) atoms. The molecule has 0 bridgehead atoms. The van der Waals surface area contributed by atoms with Gasteiger partial charge in [-0.15, -0.1) is 0 Å². The number of phenolic OH excluding ortho intramolecular Hbond substituents is 1. The second-order valence-electron chi connectivity index (χ2n) is 15.1. The van der Waals surface area contributed by atoms with Gasteiger partial charge in [-0.3, -0.25) is 14.0 Å². The number of benzene rings is 2. The first-order valence-corrected chi connectivity index (χ1v) is 15.4. The van der Waals surface area contributed by atoms with E-state index < -0.39 is 7.15 Å². The predicted octanol–water partition coefficient (Wildman–Crippen LogP) is 7.64. The minimum absolute atomic E-state index is 0.0400. The second kappa shape index (κ2) is 11.4. The van der Waals surface area contributed by atoms with E-state index in [-0.39, 0.29) is 27.4 Å². The number of carbonyl (C=O) groups excluding carboxylic acids is 2. The molecule has 6 nitrogen and oxygen atoms in total. The van der Waals surface area contributed by atoms with Crippen molar-refractivity contribution in [1.29, 1.82) is 0 Å². The molecule has 0 amide bonds. The number of aromatic hydroxyl groups is 1. The summed E-state index contributed by atoms with van der Waals surface area (Å²) in [7, 11) is 0.675. The Morgan fingerprint density at radius 1 is 0.744 bits per heavy atom. The molecule has 7 heteroatoms. The fourth-order valence-corrected chi connectivity index (χ4v) is 7.56. The molecule has 0 aromatic heterocycles. The maximum Gasteiger partial charge on any atom is 0.153 e. The second-order valence-corrected chi connectivity index (χ2v) is 15.1. The molecule has 2 aromatic carbocycles. The van der Waals surface area contributed by atoms with Gasteiger partial charge in [-0.1, -0.05) is 55.4 Å². The van der Waals surface area contributed by atoms with Crippen LogP contribution in [0, 0.1) is 0 Å². The zero-order valence-electron chi connectivity index (χ0n) is 28.6. The van der Waals surface area contributed by atoms with Crippen molar-refractivity contribution in [3.8, 4) is 11.5 Å². The van der Waals surface area contributed by atoms with Gasteiger partial charge in [0.1, 0.15) is 11.5 Å². The third kappa shape index (κ3) is 5.42. The Bertz CT molecular complexity index is 1430. The van der Waals surface area contributed by atoms with Crippen LogP contribution in [0.2, 0.25) is 0 Å². The molecule has 0 aliphatic carbocycles. The number of alkyl halides is 1. The molecule has 236 valence electrons. The number of halogens is 1. The van der Waals surface area contributed by atoms with Crippen molar-refractivity contribution >= 4 is 23.9 Å². The molecule has 4 aliphatic rings. The molecule has 6 rings (SSSR count). The van der Waals surface area contributed by atoms with Gasteiger partial charge in [0.05, 0.1) is 26.8 Å². The van der Waals surface area contributed by atoms with Crippen LogP contribution in [-0.4, -0.2) is 58.1 Å². The number of phenols is 1. The largest absolute Gasteiger partial charge is 0.507 e. The summed E-state index contributed by atoms with van der Waals surface area (Å²) in [5.41, 5.74) is 8.46. The summed E-state index contributed by atoms with van der Waals surface area (Å²) in [6, 6.07) is 3.95. The summed E-state index contributed by atoms with van der Waals surface area (Å²) < 4.78 is 21.2. The number of nitrogens with zero attached hydrogens (tertiary/aromatic N) is 2. The molecule has 4 aliphatic heterocycles. The Morgan fingerprint density at radius 2 is 1.12 bits per heavy atom. The molecule has 0 unspecified atom stereocenters. The van der Waals surface area contributed by atoms with Gasteiger partial charge < -0.3 is 19.6 Å². The first kappa shape index (κ1) is 31.3. The van der Waals surface area contributed by atoms with Crippen molar-refractivity contribution in [3.63, 3.8) is 0 Å². The normalized spacial score (nSPS) is 21.4. The van der Waals surface area contributed by atoms with E-state index >= 15 is 0 Å². The number of hydrogen-bond acceptors (Lipinski definition) is 6. The lowest BCUT2D eigenvalue weighted by Gasteiger charge is -2.48. The monoisotopic (exact) mass is 595 g/mol. The van der Waals surface area contributed by atoms with Crippen LogP contribution < -0.4 is 14.5 Å². The van der Waals surface area contributed by atoms with E-state index in [9.17, 15) is 19.1 Å². The summed E-state index contributed by atoms with van der Waals surface area (Å²) in [6.45, 7) is 22.1. The number of methoxy groups -OCH3 is 1. The van der Waals surface area contributed by atoms with Crippen LogP contribution in [0.1, 0.15) is 125 Å². The van der Waals surface area contributed by atoms with Gasteiger partial charge in [0.2, 0.25) is 0 Å². The highest BCUT2D eigenvalue weighted by molar-refractivity contribution is 5.87. The van der Waals surface area contributed by atoms with Gasteiger partial charge in [0, 0.05) is 48.7 Å². The summed E-state index contributed by atoms with van der Waals surface area (Å²) >= 11 is 0. The lowest BCUT2D eigenvalue weighted by molar-refractivity contribution is 0.111. The smallest absolute Gasteiger partial charge is 0.153 e. The zero-order chi connectivity index (χ0) is 32.8. The predicted molar refractivity (Wildman–Crippen MR) is 174 cm³/mol. The average Bonchev–Trinajstić information content (AvgIpc) is 2.95. The van der Waals surface area contributed by atoms with Gasteiger partial charge in [-0.05, 0) is 70.6 Å². The van der Waals surface area contributed by atoms with Crippen molar-refractivity contribution in [2.45, 2.75) is 103 Å². The summed E-state index contributed by atoms with van der Waals surface area (Å²) in [5, 5.41) is 10.5. The topological polar surface area (TPSA) is 70.1 Å². The van der Waals surface area contributed by atoms with Crippen LogP contribution in [-0.2, 0) is 21.7 Å². The number of ether oxygens (including phenoxy) is 1. The van der Waals surface area contributed by atoms with Crippen molar-refractivity contribution in [3.05, 3.63) is 45.5 Å². The molecule has 0 atom stereocenters. The number of rotatable bonds is 3. The van der Waals surface area contributed by atoms with Crippen LogP contribution in [0.5, 0.6) is 11.5 Å². The maximum absolute atomic E-state index is 11.6. The van der Waals surface area contributed by atoms with E-state index in [2.05, 4.69) is 71.3 Å². The van der Waals surface area contributed by atoms with E-state index in [0.717, 1.165) is 75.7 Å². The van der Waals surface area contributed by atoms with Gasteiger partial charge in [-0.25, -0.2) is 0 Å². The highest BCUT2D eigenvalue weighted by Crippen LogP contribution is 2.54. The standard InChI is InChI=1S/C18H25NO2.C17H23NO2.CH3F/c1-17(2)6-8-19-9-7-18(3,4)14-15(19)13(17)10-12(11-20)16(14)21-5;1-16(2)5-7-18-8-6-17(3,4)13-14(18)12(16)9-11(10-19)15(13)20;1-2/h10-11H,6-9H2,1-5H3;9-10,20H,5-8H2,1-4H3;1H3/i;;1D. The first-order chi connectivity index (χ1) is 20.5. The van der Waals surface area contributed by atoms with Crippen LogP contribution in [0.25, 0.3) is 0 Å². The van der Waals surface area contributed by atoms with Gasteiger partial charge >= 0.3 is 0 Å². The molecule has 0 spiro atoms. The number of aldehydes is 2. The van der Waals surface area contributed by atoms with E-state index in [4.69, 9.17) is 6.11 Å². The average molecular weight is 596 g/mol. The van der Waals surface area contributed by atoms with E-state index in [0.29, 0.717) is 11.1 Å². The Labute approximate surface area is 259 Å². The number of anilines is 2. The summed E-state index contributed by atoms with van der Waals surface area (Å²) in [4.78, 5) is 27.8. The molecule has 4 heterocycles. The molecular formula is C36H51FN2O4. The van der Waals surface area contributed by atoms with Crippen molar-refractivity contribution in [2.75, 3.05) is 50.2 Å². The van der Waals surface area contributed by atoms with E-state index in [1.165, 1.54) is 28.1 Å². The summed E-state index contributed by atoms with van der Waals surface area (Å²) in [6.07, 6.45) is 6.04. The van der Waals surface area contributed by atoms with Gasteiger partial charge in [0.25, 0.3) is 0 Å². The fraction of sp³-hybridized carbons (Fsp3) is 0.611. The van der Waals surface area contributed by atoms with Crippen molar-refractivity contribution in [2.24, 2.45) is 0 Å². The number of hydrogen-bond donors (Lipinski definition) is 1. The molecule has 0 radical (unpaired) electrons. The van der Waals surface area contributed by atoms with Crippen LogP contribution >= 0.6 is 0 Å². The highest BCUT2D eigenvalue weighted by Gasteiger charge is 2.44. The third-order valence-corrected chi connectivity index (χ3v) is 10.5. The maximum atomic E-state index is 11.6. The quantitative estimate of drug-likeness (QED) is 0.368.